The van der Waals surface area contributed by atoms with Crippen molar-refractivity contribution in [3.05, 3.63) is 22.5 Å². The van der Waals surface area contributed by atoms with Crippen molar-refractivity contribution in [2.75, 3.05) is 18.0 Å². The van der Waals surface area contributed by atoms with Crippen molar-refractivity contribution in [3.8, 4) is 0 Å². The van der Waals surface area contributed by atoms with Gasteiger partial charge in [0.05, 0.1) is 18.5 Å². The molecule has 0 saturated carbocycles. The zero-order valence-corrected chi connectivity index (χ0v) is 17.9. The van der Waals surface area contributed by atoms with Gasteiger partial charge < -0.3 is 9.64 Å². The fourth-order valence-electron chi connectivity index (χ4n) is 3.92. The minimum absolute atomic E-state index is 0.00264. The van der Waals surface area contributed by atoms with Crippen molar-refractivity contribution < 1.29 is 22.7 Å². The summed E-state index contributed by atoms with van der Waals surface area (Å²) in [5.74, 6) is -5.61. The lowest BCUT2D eigenvalue weighted by molar-refractivity contribution is -0.115. The van der Waals surface area contributed by atoms with E-state index in [1.807, 2.05) is 0 Å². The van der Waals surface area contributed by atoms with Crippen LogP contribution in [0.4, 0.5) is 23.8 Å². The summed E-state index contributed by atoms with van der Waals surface area (Å²) in [7, 11) is 0. The van der Waals surface area contributed by atoms with Crippen LogP contribution in [0.5, 0.6) is 0 Å². The molecule has 2 fully saturated rings. The molecule has 2 unspecified atom stereocenters. The van der Waals surface area contributed by atoms with E-state index >= 15 is 8.78 Å². The Morgan fingerprint density at radius 2 is 1.77 bits per heavy atom. The van der Waals surface area contributed by atoms with Gasteiger partial charge in [0.1, 0.15) is 16.9 Å². The number of anilines is 1. The summed E-state index contributed by atoms with van der Waals surface area (Å²) in [6.45, 7) is 4.01. The van der Waals surface area contributed by atoms with E-state index in [0.29, 0.717) is 4.90 Å². The van der Waals surface area contributed by atoms with E-state index < -0.39 is 47.3 Å². The molecule has 0 radical (unpaired) electrons. The Morgan fingerprint density at radius 3 is 2.33 bits per heavy atom. The molecule has 0 aromatic carbocycles. The van der Waals surface area contributed by atoms with Gasteiger partial charge in [0.2, 0.25) is 16.9 Å². The van der Waals surface area contributed by atoms with Crippen LogP contribution in [0.2, 0.25) is 10.4 Å². The Morgan fingerprint density at radius 1 is 1.17 bits per heavy atom. The van der Waals surface area contributed by atoms with Crippen LogP contribution in [0.3, 0.4) is 0 Å². The Hall–Kier alpha value is -2.07. The fraction of sp³-hybridized carbons (Fsp3) is 0.556. The summed E-state index contributed by atoms with van der Waals surface area (Å²) in [5.41, 5.74) is -1.13. The molecule has 2 atom stereocenters. The van der Waals surface area contributed by atoms with E-state index in [2.05, 4.69) is 15.0 Å². The molecule has 30 heavy (non-hydrogen) atoms. The van der Waals surface area contributed by atoms with Crippen LogP contribution in [0, 0.1) is 5.82 Å². The van der Waals surface area contributed by atoms with Gasteiger partial charge in [-0.25, -0.2) is 32.8 Å². The molecule has 1 amide bonds. The van der Waals surface area contributed by atoms with Crippen LogP contribution in [0.15, 0.2) is 6.20 Å². The van der Waals surface area contributed by atoms with Crippen LogP contribution in [-0.2, 0) is 4.74 Å². The maximum atomic E-state index is 15.8. The minimum Gasteiger partial charge on any atom is -0.444 e. The summed E-state index contributed by atoms with van der Waals surface area (Å²) < 4.78 is 51.2. The molecular weight excluding hydrogens is 446 g/mol. The first-order valence-corrected chi connectivity index (χ1v) is 9.92. The number of piperazine rings is 1. The molecule has 0 aliphatic carbocycles. The summed E-state index contributed by atoms with van der Waals surface area (Å²) in [4.78, 5) is 26.0. The lowest BCUT2D eigenvalue weighted by atomic mass is 10.1. The van der Waals surface area contributed by atoms with Crippen molar-refractivity contribution in [1.29, 1.82) is 0 Å². The van der Waals surface area contributed by atoms with Crippen LogP contribution in [0.25, 0.3) is 10.9 Å². The maximum absolute atomic E-state index is 15.8. The number of nitrogens with zero attached hydrogens (tertiary/aromatic N) is 5. The highest BCUT2D eigenvalue weighted by atomic mass is 35.5. The number of halogens is 5. The Balaban J connectivity index is 1.76. The third-order valence-corrected chi connectivity index (χ3v) is 5.46. The van der Waals surface area contributed by atoms with Crippen LogP contribution < -0.4 is 4.90 Å². The zero-order valence-electron chi connectivity index (χ0n) is 16.3. The summed E-state index contributed by atoms with van der Waals surface area (Å²) in [6, 6.07) is 0. The van der Waals surface area contributed by atoms with Crippen molar-refractivity contribution in [3.63, 3.8) is 0 Å². The average Bonchev–Trinajstić information content (AvgIpc) is 2.78. The Bertz CT molecular complexity index is 1030. The predicted molar refractivity (Wildman–Crippen MR) is 105 cm³/mol. The van der Waals surface area contributed by atoms with Gasteiger partial charge in [0, 0.05) is 19.0 Å². The lowest BCUT2D eigenvalue weighted by Crippen LogP contribution is -2.66. The first-order chi connectivity index (χ1) is 13.8. The molecule has 2 saturated heterocycles. The van der Waals surface area contributed by atoms with E-state index in [0.717, 1.165) is 0 Å². The second-order valence-corrected chi connectivity index (χ2v) is 9.15. The van der Waals surface area contributed by atoms with Crippen molar-refractivity contribution in [2.24, 2.45) is 0 Å². The first-order valence-electron chi connectivity index (χ1n) is 9.16. The molecule has 2 aromatic heterocycles. The van der Waals surface area contributed by atoms with Gasteiger partial charge in [-0.15, -0.1) is 0 Å². The molecule has 7 nitrogen and oxygen atoms in total. The molecule has 0 spiro atoms. The number of hydrogen-bond donors (Lipinski definition) is 0. The van der Waals surface area contributed by atoms with Gasteiger partial charge in [0.15, 0.2) is 11.0 Å². The van der Waals surface area contributed by atoms with E-state index in [-0.39, 0.29) is 34.8 Å². The van der Waals surface area contributed by atoms with Crippen LogP contribution in [-0.4, -0.2) is 56.2 Å². The average molecular weight is 464 g/mol. The number of hydrogen-bond acceptors (Lipinski definition) is 6. The second kappa shape index (κ2) is 6.71. The monoisotopic (exact) mass is 463 g/mol. The highest BCUT2D eigenvalue weighted by Crippen LogP contribution is 2.49. The number of aromatic nitrogens is 3. The van der Waals surface area contributed by atoms with Crippen molar-refractivity contribution in [2.45, 2.75) is 50.8 Å². The van der Waals surface area contributed by atoms with Gasteiger partial charge >= 0.3 is 6.09 Å². The van der Waals surface area contributed by atoms with Crippen LogP contribution >= 0.6 is 23.2 Å². The number of alkyl halides is 2. The van der Waals surface area contributed by atoms with Crippen molar-refractivity contribution >= 4 is 46.0 Å². The third kappa shape index (κ3) is 3.39. The van der Waals surface area contributed by atoms with E-state index in [1.165, 1.54) is 11.1 Å². The number of rotatable bonds is 1. The number of amides is 1. The Kier molecular flexibility index (Phi) is 4.74. The number of carbonyl (C=O) groups is 1. The fourth-order valence-corrected chi connectivity index (χ4v) is 4.23. The number of pyridine rings is 1. The molecule has 162 valence electrons. The minimum atomic E-state index is -2.35. The van der Waals surface area contributed by atoms with Crippen LogP contribution in [0.1, 0.15) is 33.6 Å². The molecule has 2 aliphatic rings. The van der Waals surface area contributed by atoms with Gasteiger partial charge in [-0.3, -0.25) is 0 Å². The van der Waals surface area contributed by atoms with E-state index in [4.69, 9.17) is 27.9 Å². The second-order valence-electron chi connectivity index (χ2n) is 8.45. The third-order valence-electron chi connectivity index (χ3n) is 5.03. The molecule has 12 heteroatoms. The number of ether oxygens (including phenoxy) is 1. The summed E-state index contributed by atoms with van der Waals surface area (Å²) in [6.07, 6.45) is -0.317. The molecule has 4 heterocycles. The molecule has 0 N–H and O–H groups in total. The standard InChI is InChI=1S/C18H18Cl2F3N5O2/c1-16(2,3)30-15(29)28-17(22)4-5-18(28,23)8-27(7-17)13-9-6-24-12(19)10(21)11(9)25-14(20)26-13/h6H,4-5,7-8H2,1-3H3. The van der Waals surface area contributed by atoms with Gasteiger partial charge in [-0.05, 0) is 32.4 Å². The number of fused-ring (bicyclic) bond motifs is 3. The molecule has 4 rings (SSSR count). The Labute approximate surface area is 180 Å². The predicted octanol–water partition coefficient (Wildman–Crippen LogP) is 4.65. The smallest absolute Gasteiger partial charge is 0.415 e. The van der Waals surface area contributed by atoms with Gasteiger partial charge in [0.25, 0.3) is 0 Å². The van der Waals surface area contributed by atoms with E-state index in [1.54, 1.807) is 20.8 Å². The highest BCUT2D eigenvalue weighted by molar-refractivity contribution is 6.30. The molecule has 2 aliphatic heterocycles. The van der Waals surface area contributed by atoms with Gasteiger partial charge in [-0.1, -0.05) is 11.6 Å². The van der Waals surface area contributed by atoms with Gasteiger partial charge in [-0.2, -0.15) is 4.98 Å². The first kappa shape index (κ1) is 21.2. The quantitative estimate of drug-likeness (QED) is 0.348. The molecular formula is C18H18Cl2F3N5O2. The zero-order chi connectivity index (χ0) is 22.1. The molecule has 2 bridgehead atoms. The lowest BCUT2D eigenvalue weighted by Gasteiger charge is -2.47. The number of carbonyl (C=O) groups excluding carboxylic acids is 1. The van der Waals surface area contributed by atoms with E-state index in [9.17, 15) is 9.18 Å². The largest absolute Gasteiger partial charge is 0.444 e. The summed E-state index contributed by atoms with van der Waals surface area (Å²) in [5, 5.41) is -0.637. The topological polar surface area (TPSA) is 71.5 Å². The van der Waals surface area contributed by atoms with Crippen molar-refractivity contribution in [1.82, 2.24) is 19.9 Å². The summed E-state index contributed by atoms with van der Waals surface area (Å²) >= 11 is 11.6. The highest BCUT2D eigenvalue weighted by Gasteiger charge is 2.64. The molecule has 2 aromatic rings. The maximum Gasteiger partial charge on any atom is 0.415 e. The normalized spacial score (nSPS) is 26.4. The SMILES string of the molecule is CC(C)(C)OC(=O)N1C2(F)CCC1(F)CN(c1nc(Cl)nc3c(F)c(Cl)ncc13)C2.